The van der Waals surface area contributed by atoms with Gasteiger partial charge in [-0.15, -0.1) is 0 Å². The Labute approximate surface area is 174 Å². The van der Waals surface area contributed by atoms with E-state index >= 15 is 0 Å². The summed E-state index contributed by atoms with van der Waals surface area (Å²) in [5, 5.41) is 2.77. The van der Waals surface area contributed by atoms with Crippen LogP contribution in [0.15, 0.2) is 78.4 Å². The van der Waals surface area contributed by atoms with E-state index in [1.165, 1.54) is 6.08 Å². The van der Waals surface area contributed by atoms with Gasteiger partial charge in [-0.3, -0.25) is 14.4 Å². The molecule has 0 heterocycles. The molecular formula is C25H19NO4. The third kappa shape index (κ3) is 3.91. The summed E-state index contributed by atoms with van der Waals surface area (Å²) in [5.74, 6) is -0.493. The number of aryl methyl sites for hydroxylation is 1. The van der Waals surface area contributed by atoms with E-state index in [0.717, 1.165) is 5.56 Å². The SMILES string of the molecule is Cc1ccc(NC(=O)COc2ccccc2C=C2C(=O)c3ccccc3C2=O)cc1. The molecule has 0 unspecified atom stereocenters. The Morgan fingerprint density at radius 1 is 0.867 bits per heavy atom. The molecule has 0 saturated heterocycles. The van der Waals surface area contributed by atoms with Crippen LogP contribution in [0.5, 0.6) is 5.75 Å². The average Bonchev–Trinajstić information content (AvgIpc) is 3.00. The number of benzene rings is 3. The minimum atomic E-state index is -0.304. The zero-order valence-corrected chi connectivity index (χ0v) is 16.3. The summed E-state index contributed by atoms with van der Waals surface area (Å²) < 4.78 is 5.67. The maximum Gasteiger partial charge on any atom is 0.262 e. The molecule has 0 radical (unpaired) electrons. The lowest BCUT2D eigenvalue weighted by atomic mass is 10.1. The highest BCUT2D eigenvalue weighted by molar-refractivity contribution is 6.41. The Kier molecular flexibility index (Phi) is 5.26. The minimum absolute atomic E-state index is 0.0938. The fourth-order valence-corrected chi connectivity index (χ4v) is 3.27. The van der Waals surface area contributed by atoms with E-state index in [-0.39, 0.29) is 29.7 Å². The number of para-hydroxylation sites is 1. The molecular weight excluding hydrogens is 378 g/mol. The van der Waals surface area contributed by atoms with Crippen LogP contribution in [0, 0.1) is 6.92 Å². The van der Waals surface area contributed by atoms with Gasteiger partial charge in [0, 0.05) is 22.4 Å². The van der Waals surface area contributed by atoms with Crippen molar-refractivity contribution in [3.8, 4) is 5.75 Å². The molecule has 4 rings (SSSR count). The highest BCUT2D eigenvalue weighted by Gasteiger charge is 2.32. The van der Waals surface area contributed by atoms with Gasteiger partial charge in [0.15, 0.2) is 18.2 Å². The number of hydrogen-bond acceptors (Lipinski definition) is 4. The summed E-state index contributed by atoms with van der Waals surface area (Å²) in [6, 6.07) is 21.2. The van der Waals surface area contributed by atoms with Crippen molar-refractivity contribution in [2.75, 3.05) is 11.9 Å². The second-order valence-electron chi connectivity index (χ2n) is 7.00. The number of allylic oxidation sites excluding steroid dienone is 1. The number of anilines is 1. The van der Waals surface area contributed by atoms with Crippen molar-refractivity contribution >= 4 is 29.2 Å². The highest BCUT2D eigenvalue weighted by atomic mass is 16.5. The van der Waals surface area contributed by atoms with Gasteiger partial charge >= 0.3 is 0 Å². The van der Waals surface area contributed by atoms with Gasteiger partial charge in [0.05, 0.1) is 5.57 Å². The largest absolute Gasteiger partial charge is 0.483 e. The molecule has 0 aromatic heterocycles. The Bertz CT molecular complexity index is 1140. The first-order valence-corrected chi connectivity index (χ1v) is 9.51. The molecule has 1 aliphatic carbocycles. The molecule has 0 fully saturated rings. The van der Waals surface area contributed by atoms with Crippen LogP contribution in [0.2, 0.25) is 0 Å². The van der Waals surface area contributed by atoms with E-state index in [4.69, 9.17) is 4.74 Å². The highest BCUT2D eigenvalue weighted by Crippen LogP contribution is 2.30. The number of carbonyl (C=O) groups excluding carboxylic acids is 3. The van der Waals surface area contributed by atoms with Crippen LogP contribution in [0.1, 0.15) is 31.8 Å². The van der Waals surface area contributed by atoms with E-state index in [2.05, 4.69) is 5.32 Å². The molecule has 0 bridgehead atoms. The number of fused-ring (bicyclic) bond motifs is 1. The van der Waals surface area contributed by atoms with Gasteiger partial charge in [0.1, 0.15) is 5.75 Å². The molecule has 3 aromatic carbocycles. The standard InChI is InChI=1S/C25H19NO4/c1-16-10-12-18(13-11-16)26-23(27)15-30-22-9-5-2-6-17(22)14-21-24(28)19-7-3-4-8-20(19)25(21)29/h2-14H,15H2,1H3,(H,26,27). The molecule has 0 saturated carbocycles. The molecule has 0 aliphatic heterocycles. The molecule has 148 valence electrons. The lowest BCUT2D eigenvalue weighted by Gasteiger charge is -2.10. The molecule has 3 aromatic rings. The summed E-state index contributed by atoms with van der Waals surface area (Å²) in [5.41, 5.74) is 3.25. The van der Waals surface area contributed by atoms with Gasteiger partial charge in [-0.2, -0.15) is 0 Å². The fourth-order valence-electron chi connectivity index (χ4n) is 3.27. The number of ether oxygens (including phenoxy) is 1. The first-order valence-electron chi connectivity index (χ1n) is 9.51. The second kappa shape index (κ2) is 8.17. The quantitative estimate of drug-likeness (QED) is 0.509. The summed E-state index contributed by atoms with van der Waals surface area (Å²) in [6.45, 7) is 1.77. The Morgan fingerprint density at radius 2 is 1.47 bits per heavy atom. The number of Topliss-reactive ketones (excluding diaryl/α,β-unsaturated/α-hetero) is 2. The molecule has 1 N–H and O–H groups in total. The van der Waals surface area contributed by atoms with Crippen LogP contribution in [0.25, 0.3) is 6.08 Å². The molecule has 0 atom stereocenters. The minimum Gasteiger partial charge on any atom is -0.483 e. The molecule has 0 spiro atoms. The van der Waals surface area contributed by atoms with Gasteiger partial charge in [-0.05, 0) is 31.2 Å². The first-order chi connectivity index (χ1) is 14.5. The van der Waals surface area contributed by atoms with Crippen molar-refractivity contribution in [2.24, 2.45) is 0 Å². The van der Waals surface area contributed by atoms with Crippen molar-refractivity contribution in [2.45, 2.75) is 6.92 Å². The topological polar surface area (TPSA) is 72.5 Å². The van der Waals surface area contributed by atoms with Gasteiger partial charge in [-0.1, -0.05) is 60.2 Å². The molecule has 1 amide bonds. The number of carbonyl (C=O) groups is 3. The number of ketones is 2. The first kappa shape index (κ1) is 19.3. The van der Waals surface area contributed by atoms with E-state index in [1.54, 1.807) is 48.5 Å². The van der Waals surface area contributed by atoms with Crippen molar-refractivity contribution in [1.82, 2.24) is 0 Å². The summed E-state index contributed by atoms with van der Waals surface area (Å²) in [6.07, 6.45) is 1.53. The van der Waals surface area contributed by atoms with Crippen molar-refractivity contribution in [3.63, 3.8) is 0 Å². The van der Waals surface area contributed by atoms with Crippen LogP contribution in [0.3, 0.4) is 0 Å². The second-order valence-corrected chi connectivity index (χ2v) is 7.00. The van der Waals surface area contributed by atoms with Crippen molar-refractivity contribution in [3.05, 3.63) is 101 Å². The maximum atomic E-state index is 12.6. The molecule has 1 aliphatic rings. The van der Waals surface area contributed by atoms with Crippen LogP contribution >= 0.6 is 0 Å². The average molecular weight is 397 g/mol. The smallest absolute Gasteiger partial charge is 0.262 e. The summed E-state index contributed by atoms with van der Waals surface area (Å²) >= 11 is 0. The molecule has 30 heavy (non-hydrogen) atoms. The number of nitrogens with one attached hydrogen (secondary N) is 1. The van der Waals surface area contributed by atoms with Gasteiger partial charge in [-0.25, -0.2) is 0 Å². The summed E-state index contributed by atoms with van der Waals surface area (Å²) in [4.78, 5) is 37.5. The Hall–Kier alpha value is -3.99. The molecule has 5 heteroatoms. The predicted octanol–water partition coefficient (Wildman–Crippen LogP) is 4.48. The molecule has 5 nitrogen and oxygen atoms in total. The van der Waals surface area contributed by atoms with Crippen molar-refractivity contribution < 1.29 is 19.1 Å². The lowest BCUT2D eigenvalue weighted by Crippen LogP contribution is -2.20. The number of hydrogen-bond donors (Lipinski definition) is 1. The van der Waals surface area contributed by atoms with Crippen LogP contribution in [0.4, 0.5) is 5.69 Å². The Balaban J connectivity index is 1.50. The number of amides is 1. The lowest BCUT2D eigenvalue weighted by molar-refractivity contribution is -0.118. The maximum absolute atomic E-state index is 12.6. The zero-order chi connectivity index (χ0) is 21.1. The monoisotopic (exact) mass is 397 g/mol. The van der Waals surface area contributed by atoms with Crippen LogP contribution in [-0.2, 0) is 4.79 Å². The van der Waals surface area contributed by atoms with E-state index in [0.29, 0.717) is 28.1 Å². The van der Waals surface area contributed by atoms with E-state index in [9.17, 15) is 14.4 Å². The predicted molar refractivity (Wildman–Crippen MR) is 115 cm³/mol. The normalized spacial score (nSPS) is 12.5. The van der Waals surface area contributed by atoms with Crippen LogP contribution < -0.4 is 10.1 Å². The zero-order valence-electron chi connectivity index (χ0n) is 16.3. The third-order valence-corrected chi connectivity index (χ3v) is 4.82. The van der Waals surface area contributed by atoms with Crippen LogP contribution in [-0.4, -0.2) is 24.1 Å². The van der Waals surface area contributed by atoms with E-state index < -0.39 is 0 Å². The Morgan fingerprint density at radius 3 is 2.13 bits per heavy atom. The van der Waals surface area contributed by atoms with Gasteiger partial charge < -0.3 is 10.1 Å². The van der Waals surface area contributed by atoms with E-state index in [1.807, 2.05) is 31.2 Å². The van der Waals surface area contributed by atoms with Gasteiger partial charge in [0.25, 0.3) is 5.91 Å². The van der Waals surface area contributed by atoms with Gasteiger partial charge in [0.2, 0.25) is 0 Å². The van der Waals surface area contributed by atoms with Crippen molar-refractivity contribution in [1.29, 1.82) is 0 Å². The fraction of sp³-hybridized carbons (Fsp3) is 0.0800. The summed E-state index contributed by atoms with van der Waals surface area (Å²) in [7, 11) is 0. The number of rotatable bonds is 5. The third-order valence-electron chi connectivity index (χ3n) is 4.82.